The Balaban J connectivity index is 1.14. The second-order valence-electron chi connectivity index (χ2n) is 15.6. The molecule has 0 aliphatic heterocycles. The molecule has 3 aromatic heterocycles. The van der Waals surface area contributed by atoms with E-state index >= 15 is 0 Å². The summed E-state index contributed by atoms with van der Waals surface area (Å²) in [5, 5.41) is 17.7. The second kappa shape index (κ2) is 11.1. The summed E-state index contributed by atoms with van der Waals surface area (Å²) < 4.78 is 11.2. The maximum absolute atomic E-state index is 10.8. The Morgan fingerprint density at radius 1 is 0.500 bits per heavy atom. The molecule has 3 heterocycles. The van der Waals surface area contributed by atoms with Crippen molar-refractivity contribution in [3.05, 3.63) is 180 Å². The number of aromatic nitrogens is 2. The second-order valence-corrected chi connectivity index (χ2v) is 15.6. The molecule has 12 rings (SSSR count). The van der Waals surface area contributed by atoms with Crippen molar-refractivity contribution in [3.8, 4) is 39.7 Å². The van der Waals surface area contributed by atoms with Crippen LogP contribution in [0.1, 0.15) is 30.5 Å². The maximum atomic E-state index is 10.8. The third-order valence-electron chi connectivity index (χ3n) is 12.3. The molecule has 4 heteroatoms. The van der Waals surface area contributed by atoms with Crippen molar-refractivity contribution in [1.82, 2.24) is 9.13 Å². The quantitative estimate of drug-likeness (QED) is 0.183. The number of para-hydroxylation sites is 4. The van der Waals surface area contributed by atoms with E-state index in [1.54, 1.807) is 0 Å². The molecule has 0 unspecified atom stereocenters. The summed E-state index contributed by atoms with van der Waals surface area (Å²) in [6.07, 6.45) is 0. The van der Waals surface area contributed by atoms with Crippen molar-refractivity contribution in [2.75, 3.05) is 0 Å². The zero-order chi connectivity index (χ0) is 37.3. The minimum atomic E-state index is -0.189. The third kappa shape index (κ3) is 4.01. The molecule has 0 amide bonds. The van der Waals surface area contributed by atoms with Crippen molar-refractivity contribution in [2.45, 2.75) is 19.3 Å². The number of hydrogen-bond acceptors (Lipinski definition) is 2. The highest BCUT2D eigenvalue weighted by Gasteiger charge is 2.38. The fraction of sp³-hybridized carbons (Fsp3) is 0.0577. The Kier molecular flexibility index (Phi) is 6.15. The van der Waals surface area contributed by atoms with Gasteiger partial charge in [-0.3, -0.25) is 0 Å². The largest absolute Gasteiger partial charge is 0.456 e. The van der Waals surface area contributed by atoms with Crippen molar-refractivity contribution < 1.29 is 4.42 Å². The van der Waals surface area contributed by atoms with Crippen LogP contribution in [0.3, 0.4) is 0 Å². The van der Waals surface area contributed by atoms with Crippen molar-refractivity contribution >= 4 is 65.6 Å². The van der Waals surface area contributed by atoms with Gasteiger partial charge in [-0.2, -0.15) is 5.26 Å². The number of nitriles is 1. The van der Waals surface area contributed by atoms with Gasteiger partial charge in [0.25, 0.3) is 0 Å². The van der Waals surface area contributed by atoms with E-state index in [1.807, 2.05) is 24.3 Å². The van der Waals surface area contributed by atoms with E-state index in [1.165, 1.54) is 44.1 Å². The third-order valence-corrected chi connectivity index (χ3v) is 12.3. The lowest BCUT2D eigenvalue weighted by molar-refractivity contribution is 0.664. The monoisotopic (exact) mass is 715 g/mol. The van der Waals surface area contributed by atoms with Gasteiger partial charge in [-0.05, 0) is 70.3 Å². The van der Waals surface area contributed by atoms with Crippen LogP contribution in [0.4, 0.5) is 0 Å². The van der Waals surface area contributed by atoms with Gasteiger partial charge in [-0.25, -0.2) is 0 Å². The predicted octanol–water partition coefficient (Wildman–Crippen LogP) is 13.6. The van der Waals surface area contributed by atoms with Crippen LogP contribution in [0.5, 0.6) is 0 Å². The average molecular weight is 716 g/mol. The van der Waals surface area contributed by atoms with Gasteiger partial charge in [0.1, 0.15) is 17.2 Å². The fourth-order valence-corrected chi connectivity index (χ4v) is 9.93. The number of nitrogens with zero attached hydrogens (tertiary/aromatic N) is 3. The molecular formula is C52H33N3O. The maximum Gasteiger partial charge on any atom is 0.137 e. The molecule has 4 nitrogen and oxygen atoms in total. The summed E-state index contributed by atoms with van der Waals surface area (Å²) in [7, 11) is 0. The van der Waals surface area contributed by atoms with Crippen LogP contribution >= 0.6 is 0 Å². The van der Waals surface area contributed by atoms with Gasteiger partial charge in [0.15, 0.2) is 0 Å². The standard InChI is InChI=1S/C52H33N3O/c1-52(2)43-21-7-3-16-35(43)39-25-26-40-36-17-4-8-22-44(36)54(51(40)49(39)52)33-15-11-13-31(27-33)34-20-12-14-32(30-53)50(34)55-45-23-9-5-18-37(45)41-28-42-38-19-6-10-24-47(38)56-48(42)29-46(41)55/h3-29H,1-2H3. The Labute approximate surface area is 322 Å². The summed E-state index contributed by atoms with van der Waals surface area (Å²) in [6.45, 7) is 4.72. The molecule has 0 saturated heterocycles. The van der Waals surface area contributed by atoms with E-state index in [9.17, 15) is 5.26 Å². The molecule has 262 valence electrons. The highest BCUT2D eigenvalue weighted by Crippen LogP contribution is 2.53. The van der Waals surface area contributed by atoms with Gasteiger partial charge < -0.3 is 13.6 Å². The Morgan fingerprint density at radius 2 is 1.20 bits per heavy atom. The molecule has 0 saturated carbocycles. The number of benzene rings is 8. The Hall–Kier alpha value is -7.35. The first kappa shape index (κ1) is 31.0. The lowest BCUT2D eigenvalue weighted by atomic mass is 9.81. The molecule has 56 heavy (non-hydrogen) atoms. The first-order chi connectivity index (χ1) is 27.5. The van der Waals surface area contributed by atoms with Crippen LogP contribution in [0.15, 0.2) is 168 Å². The van der Waals surface area contributed by atoms with Gasteiger partial charge in [-0.1, -0.05) is 129 Å². The Bertz CT molecular complexity index is 3530. The SMILES string of the molecule is CC1(C)c2ccccc2-c2ccc3c4ccccc4n(-c4cccc(-c5cccc(C#N)c5-n5c6ccccc6c6cc7c(cc65)oc5ccccc57)c4)c3c21. The van der Waals surface area contributed by atoms with Crippen molar-refractivity contribution in [3.63, 3.8) is 0 Å². The van der Waals surface area contributed by atoms with Gasteiger partial charge >= 0.3 is 0 Å². The van der Waals surface area contributed by atoms with Crippen LogP contribution in [0.2, 0.25) is 0 Å². The predicted molar refractivity (Wildman–Crippen MR) is 230 cm³/mol. The first-order valence-corrected chi connectivity index (χ1v) is 19.2. The highest BCUT2D eigenvalue weighted by molar-refractivity contribution is 6.18. The van der Waals surface area contributed by atoms with Crippen LogP contribution in [0.25, 0.3) is 99.2 Å². The molecule has 0 spiro atoms. The van der Waals surface area contributed by atoms with Gasteiger partial charge in [0, 0.05) is 55.0 Å². The van der Waals surface area contributed by atoms with E-state index in [0.717, 1.165) is 66.2 Å². The molecule has 0 bridgehead atoms. The molecule has 0 N–H and O–H groups in total. The lowest BCUT2D eigenvalue weighted by Gasteiger charge is -2.24. The molecule has 11 aromatic rings. The van der Waals surface area contributed by atoms with E-state index < -0.39 is 0 Å². The van der Waals surface area contributed by atoms with E-state index in [2.05, 4.69) is 169 Å². The summed E-state index contributed by atoms with van der Waals surface area (Å²) in [5.41, 5.74) is 15.8. The number of hydrogen-bond donors (Lipinski definition) is 0. The topological polar surface area (TPSA) is 46.8 Å². The summed E-state index contributed by atoms with van der Waals surface area (Å²) >= 11 is 0. The zero-order valence-corrected chi connectivity index (χ0v) is 30.8. The molecular weight excluding hydrogens is 683 g/mol. The number of rotatable bonds is 3. The van der Waals surface area contributed by atoms with Gasteiger partial charge in [0.2, 0.25) is 0 Å². The molecule has 0 fully saturated rings. The number of fused-ring (bicyclic) bond motifs is 13. The molecule has 0 radical (unpaired) electrons. The smallest absolute Gasteiger partial charge is 0.137 e. The van der Waals surface area contributed by atoms with Crippen LogP contribution in [0, 0.1) is 11.3 Å². The summed E-state index contributed by atoms with van der Waals surface area (Å²) in [5.74, 6) is 0. The fourth-order valence-electron chi connectivity index (χ4n) is 9.93. The minimum absolute atomic E-state index is 0.189. The van der Waals surface area contributed by atoms with Crippen molar-refractivity contribution in [2.24, 2.45) is 0 Å². The average Bonchev–Trinajstić information content (AvgIpc) is 3.94. The minimum Gasteiger partial charge on any atom is -0.456 e. The normalized spacial score (nSPS) is 13.3. The van der Waals surface area contributed by atoms with E-state index in [0.29, 0.717) is 5.56 Å². The van der Waals surface area contributed by atoms with E-state index in [4.69, 9.17) is 4.42 Å². The highest BCUT2D eigenvalue weighted by atomic mass is 16.3. The zero-order valence-electron chi connectivity index (χ0n) is 30.8. The van der Waals surface area contributed by atoms with Crippen molar-refractivity contribution in [1.29, 1.82) is 5.26 Å². The number of furan rings is 1. The van der Waals surface area contributed by atoms with Gasteiger partial charge in [0.05, 0.1) is 33.3 Å². The Morgan fingerprint density at radius 3 is 2.04 bits per heavy atom. The van der Waals surface area contributed by atoms with Crippen LogP contribution < -0.4 is 0 Å². The molecule has 0 atom stereocenters. The van der Waals surface area contributed by atoms with Crippen LogP contribution in [-0.4, -0.2) is 9.13 Å². The first-order valence-electron chi connectivity index (χ1n) is 19.2. The lowest BCUT2D eigenvalue weighted by Crippen LogP contribution is -2.16. The van der Waals surface area contributed by atoms with Crippen LogP contribution in [-0.2, 0) is 5.41 Å². The molecule has 8 aromatic carbocycles. The van der Waals surface area contributed by atoms with Gasteiger partial charge in [-0.15, -0.1) is 0 Å². The van der Waals surface area contributed by atoms with E-state index in [-0.39, 0.29) is 5.41 Å². The molecule has 1 aliphatic carbocycles. The molecule has 1 aliphatic rings. The summed E-state index contributed by atoms with van der Waals surface area (Å²) in [6, 6.07) is 60.9. The summed E-state index contributed by atoms with van der Waals surface area (Å²) in [4.78, 5) is 0.